The molecule has 1 saturated heterocycles. The Balaban J connectivity index is 1.79. The Morgan fingerprint density at radius 3 is 3.19 bits per heavy atom. The second-order valence-corrected chi connectivity index (χ2v) is 4.00. The van der Waals surface area contributed by atoms with Crippen LogP contribution in [0.25, 0.3) is 0 Å². The highest BCUT2D eigenvalue weighted by atomic mass is 16.5. The Bertz CT molecular complexity index is 331. The van der Waals surface area contributed by atoms with E-state index >= 15 is 0 Å². The minimum atomic E-state index is -0.0725. The number of hydrogen-bond donors (Lipinski definition) is 1. The van der Waals surface area contributed by atoms with Crippen LogP contribution in [-0.2, 0) is 11.3 Å². The van der Waals surface area contributed by atoms with Gasteiger partial charge in [-0.25, -0.2) is 4.79 Å². The van der Waals surface area contributed by atoms with E-state index in [-0.39, 0.29) is 12.1 Å². The van der Waals surface area contributed by atoms with Crippen molar-refractivity contribution >= 4 is 6.03 Å². The number of carbonyl (C=O) groups excluding carboxylic acids is 1. The lowest BCUT2D eigenvalue weighted by molar-refractivity contribution is 0.181. The van der Waals surface area contributed by atoms with Crippen molar-refractivity contribution in [1.29, 1.82) is 0 Å². The molecule has 0 spiro atoms. The highest BCUT2D eigenvalue weighted by Crippen LogP contribution is 2.06. The number of furan rings is 1. The van der Waals surface area contributed by atoms with Crippen molar-refractivity contribution < 1.29 is 13.9 Å². The van der Waals surface area contributed by atoms with E-state index in [2.05, 4.69) is 5.32 Å². The number of amides is 2. The zero-order chi connectivity index (χ0) is 11.4. The fourth-order valence-electron chi connectivity index (χ4n) is 1.66. The Kier molecular flexibility index (Phi) is 3.46. The van der Waals surface area contributed by atoms with Gasteiger partial charge in [0.15, 0.2) is 0 Å². The molecule has 5 nitrogen and oxygen atoms in total. The molecular formula is C11H16N2O3. The summed E-state index contributed by atoms with van der Waals surface area (Å²) in [6.45, 7) is 1.90. The lowest BCUT2D eigenvalue weighted by atomic mass is 10.3. The van der Waals surface area contributed by atoms with Crippen LogP contribution in [-0.4, -0.2) is 37.2 Å². The summed E-state index contributed by atoms with van der Waals surface area (Å²) in [5.74, 6) is 0. The van der Waals surface area contributed by atoms with Crippen LogP contribution in [0.3, 0.4) is 0 Å². The molecule has 1 aromatic heterocycles. The highest BCUT2D eigenvalue weighted by Gasteiger charge is 2.19. The van der Waals surface area contributed by atoms with Gasteiger partial charge in [0.05, 0.1) is 31.7 Å². The highest BCUT2D eigenvalue weighted by molar-refractivity contribution is 5.74. The maximum absolute atomic E-state index is 11.8. The quantitative estimate of drug-likeness (QED) is 0.839. The van der Waals surface area contributed by atoms with E-state index in [0.717, 1.165) is 18.6 Å². The molecule has 5 heteroatoms. The van der Waals surface area contributed by atoms with Gasteiger partial charge in [0.1, 0.15) is 0 Å². The minimum absolute atomic E-state index is 0.0725. The van der Waals surface area contributed by atoms with E-state index in [0.29, 0.717) is 13.2 Å². The molecule has 0 aromatic carbocycles. The third-order valence-electron chi connectivity index (χ3n) is 2.60. The number of rotatable bonds is 3. The van der Waals surface area contributed by atoms with Crippen LogP contribution in [0, 0.1) is 0 Å². The van der Waals surface area contributed by atoms with Gasteiger partial charge >= 0.3 is 6.03 Å². The lowest BCUT2D eigenvalue weighted by Gasteiger charge is -2.19. The van der Waals surface area contributed by atoms with E-state index in [1.54, 1.807) is 24.5 Å². The summed E-state index contributed by atoms with van der Waals surface area (Å²) >= 11 is 0. The molecule has 0 aliphatic carbocycles. The Hall–Kier alpha value is -1.49. The average molecular weight is 224 g/mol. The topological polar surface area (TPSA) is 54.7 Å². The third kappa shape index (κ3) is 2.76. The van der Waals surface area contributed by atoms with Crippen LogP contribution in [0.4, 0.5) is 4.79 Å². The van der Waals surface area contributed by atoms with Gasteiger partial charge in [-0.3, -0.25) is 0 Å². The molecule has 1 N–H and O–H groups in total. The summed E-state index contributed by atoms with van der Waals surface area (Å²) in [6.07, 6.45) is 4.14. The van der Waals surface area contributed by atoms with Crippen LogP contribution in [0.5, 0.6) is 0 Å². The molecule has 2 heterocycles. The van der Waals surface area contributed by atoms with Crippen molar-refractivity contribution in [2.45, 2.75) is 19.0 Å². The fourth-order valence-corrected chi connectivity index (χ4v) is 1.66. The predicted molar refractivity (Wildman–Crippen MR) is 57.9 cm³/mol. The lowest BCUT2D eigenvalue weighted by Crippen LogP contribution is -2.42. The number of carbonyl (C=O) groups is 1. The average Bonchev–Trinajstić information content (AvgIpc) is 2.90. The molecule has 16 heavy (non-hydrogen) atoms. The SMILES string of the molecule is CN(Cc1ccoc1)C(=O)NC1CCOC1. The Morgan fingerprint density at radius 2 is 2.56 bits per heavy atom. The molecule has 88 valence electrons. The maximum atomic E-state index is 11.8. The largest absolute Gasteiger partial charge is 0.472 e. The van der Waals surface area contributed by atoms with Crippen LogP contribution in [0.2, 0.25) is 0 Å². The number of hydrogen-bond acceptors (Lipinski definition) is 3. The van der Waals surface area contributed by atoms with Crippen LogP contribution >= 0.6 is 0 Å². The Labute approximate surface area is 94.4 Å². The van der Waals surface area contributed by atoms with E-state index in [9.17, 15) is 4.79 Å². The van der Waals surface area contributed by atoms with Gasteiger partial charge in [-0.15, -0.1) is 0 Å². The maximum Gasteiger partial charge on any atom is 0.317 e. The van der Waals surface area contributed by atoms with Crippen molar-refractivity contribution in [3.63, 3.8) is 0 Å². The summed E-state index contributed by atoms with van der Waals surface area (Å²) in [4.78, 5) is 13.4. The van der Waals surface area contributed by atoms with Gasteiger partial charge in [0.25, 0.3) is 0 Å². The van der Waals surface area contributed by atoms with Crippen molar-refractivity contribution in [3.05, 3.63) is 24.2 Å². The molecule has 1 unspecified atom stereocenters. The minimum Gasteiger partial charge on any atom is -0.472 e. The zero-order valence-corrected chi connectivity index (χ0v) is 9.31. The zero-order valence-electron chi connectivity index (χ0n) is 9.31. The van der Waals surface area contributed by atoms with Crippen LogP contribution in [0.1, 0.15) is 12.0 Å². The van der Waals surface area contributed by atoms with Gasteiger partial charge in [0.2, 0.25) is 0 Å². The molecule has 1 aliphatic heterocycles. The molecule has 2 amide bonds. The summed E-state index contributed by atoms with van der Waals surface area (Å²) in [6, 6.07) is 1.93. The molecule has 1 fully saturated rings. The van der Waals surface area contributed by atoms with E-state index in [1.807, 2.05) is 6.07 Å². The second kappa shape index (κ2) is 5.03. The molecule has 0 radical (unpaired) electrons. The van der Waals surface area contributed by atoms with Gasteiger partial charge in [-0.1, -0.05) is 0 Å². The first kappa shape index (κ1) is 11.0. The smallest absolute Gasteiger partial charge is 0.317 e. The van der Waals surface area contributed by atoms with Gasteiger partial charge in [0, 0.05) is 19.2 Å². The standard InChI is InChI=1S/C11H16N2O3/c1-13(6-9-2-4-15-7-9)11(14)12-10-3-5-16-8-10/h2,4,7,10H,3,5-6,8H2,1H3,(H,12,14). The summed E-state index contributed by atoms with van der Waals surface area (Å²) < 4.78 is 10.1. The monoisotopic (exact) mass is 224 g/mol. The molecule has 1 aromatic rings. The Morgan fingerprint density at radius 1 is 1.69 bits per heavy atom. The third-order valence-corrected chi connectivity index (χ3v) is 2.60. The van der Waals surface area contributed by atoms with Gasteiger partial charge in [-0.2, -0.15) is 0 Å². The first-order chi connectivity index (χ1) is 7.75. The number of nitrogens with zero attached hydrogens (tertiary/aromatic N) is 1. The molecule has 2 rings (SSSR count). The van der Waals surface area contributed by atoms with Crippen molar-refractivity contribution in [3.8, 4) is 0 Å². The van der Waals surface area contributed by atoms with Crippen LogP contribution in [0.15, 0.2) is 23.0 Å². The molecule has 0 saturated carbocycles. The molecule has 1 atom stereocenters. The van der Waals surface area contributed by atoms with E-state index in [4.69, 9.17) is 9.15 Å². The molecular weight excluding hydrogens is 208 g/mol. The first-order valence-corrected chi connectivity index (χ1v) is 5.36. The van der Waals surface area contributed by atoms with Crippen LogP contribution < -0.4 is 5.32 Å². The van der Waals surface area contributed by atoms with E-state index in [1.165, 1.54) is 0 Å². The van der Waals surface area contributed by atoms with Crippen molar-refractivity contribution in [2.24, 2.45) is 0 Å². The second-order valence-electron chi connectivity index (χ2n) is 4.00. The molecule has 0 bridgehead atoms. The number of ether oxygens (including phenoxy) is 1. The van der Waals surface area contributed by atoms with Gasteiger partial charge in [-0.05, 0) is 12.5 Å². The molecule has 1 aliphatic rings. The summed E-state index contributed by atoms with van der Waals surface area (Å²) in [7, 11) is 1.76. The number of urea groups is 1. The first-order valence-electron chi connectivity index (χ1n) is 5.36. The van der Waals surface area contributed by atoms with Crippen molar-refractivity contribution in [2.75, 3.05) is 20.3 Å². The normalized spacial score (nSPS) is 19.7. The van der Waals surface area contributed by atoms with Gasteiger partial charge < -0.3 is 19.4 Å². The summed E-state index contributed by atoms with van der Waals surface area (Å²) in [5, 5.41) is 2.92. The number of nitrogens with one attached hydrogen (secondary N) is 1. The predicted octanol–water partition coefficient (Wildman–Crippen LogP) is 1.21. The fraction of sp³-hybridized carbons (Fsp3) is 0.545. The van der Waals surface area contributed by atoms with Crippen molar-refractivity contribution in [1.82, 2.24) is 10.2 Å². The summed E-state index contributed by atoms with van der Waals surface area (Å²) in [5.41, 5.74) is 0.986. The van der Waals surface area contributed by atoms with E-state index < -0.39 is 0 Å².